The summed E-state index contributed by atoms with van der Waals surface area (Å²) in [5, 5.41) is 23.7. The second-order valence-electron chi connectivity index (χ2n) is 6.47. The first kappa shape index (κ1) is 20.9. The summed E-state index contributed by atoms with van der Waals surface area (Å²) in [5.74, 6) is -2.44. The number of ether oxygens (including phenoxy) is 1. The first-order valence-corrected chi connectivity index (χ1v) is 8.77. The van der Waals surface area contributed by atoms with Crippen molar-refractivity contribution in [3.8, 4) is 11.8 Å². The molecule has 0 saturated carbocycles. The molecule has 0 aromatic heterocycles. The maximum Gasteiger partial charge on any atom is 0.414 e. The number of carboxylic acids is 2. The number of nitriles is 1. The van der Waals surface area contributed by atoms with Crippen LogP contribution >= 0.6 is 0 Å². The number of nitrogens with zero attached hydrogens (tertiary/aromatic N) is 2. The van der Waals surface area contributed by atoms with E-state index in [1.165, 1.54) is 5.56 Å². The molecule has 1 aliphatic rings. The number of hydrogen-bond acceptors (Lipinski definition) is 5. The average molecular weight is 382 g/mol. The van der Waals surface area contributed by atoms with E-state index >= 15 is 0 Å². The first-order chi connectivity index (χ1) is 13.4. The van der Waals surface area contributed by atoms with Gasteiger partial charge in [0.2, 0.25) is 0 Å². The number of piperidine rings is 1. The van der Waals surface area contributed by atoms with Crippen LogP contribution in [0.25, 0.3) is 0 Å². The van der Waals surface area contributed by atoms with Gasteiger partial charge in [-0.2, -0.15) is 5.26 Å². The van der Waals surface area contributed by atoms with Crippen LogP contribution in [0, 0.1) is 11.3 Å². The minimum atomic E-state index is -1.82. The van der Waals surface area contributed by atoms with Gasteiger partial charge in [0.15, 0.2) is 0 Å². The van der Waals surface area contributed by atoms with Crippen LogP contribution in [-0.4, -0.2) is 53.3 Å². The van der Waals surface area contributed by atoms with Crippen LogP contribution in [0.4, 0.5) is 0 Å². The number of hydrogen-bond donors (Lipinski definition) is 2. The Morgan fingerprint density at radius 3 is 2.21 bits per heavy atom. The van der Waals surface area contributed by atoms with E-state index in [1.54, 1.807) is 0 Å². The molecule has 0 aliphatic carbocycles. The lowest BCUT2D eigenvalue weighted by Crippen LogP contribution is -2.42. The maximum absolute atomic E-state index is 9.10. The SMILES string of the molecule is CN1CC[C@@H](Oc2ccc(C#N)cc2)[C@H](c2ccccc2)C1.O=C(O)C(=O)O. The number of likely N-dealkylation sites (tertiary alicyclic amines) is 1. The molecule has 1 heterocycles. The van der Waals surface area contributed by atoms with Crippen LogP contribution in [-0.2, 0) is 9.59 Å². The number of aliphatic carboxylic acids is 2. The van der Waals surface area contributed by atoms with Gasteiger partial charge in [-0.3, -0.25) is 0 Å². The number of carboxylic acid groups (broad SMARTS) is 2. The van der Waals surface area contributed by atoms with E-state index in [-0.39, 0.29) is 6.10 Å². The highest BCUT2D eigenvalue weighted by Gasteiger charge is 2.30. The fourth-order valence-electron chi connectivity index (χ4n) is 3.04. The monoisotopic (exact) mass is 382 g/mol. The normalized spacial score (nSPS) is 18.9. The summed E-state index contributed by atoms with van der Waals surface area (Å²) in [6, 6.07) is 20.1. The van der Waals surface area contributed by atoms with E-state index in [1.807, 2.05) is 30.3 Å². The van der Waals surface area contributed by atoms with E-state index in [4.69, 9.17) is 29.8 Å². The number of benzene rings is 2. The Morgan fingerprint density at radius 1 is 1.07 bits per heavy atom. The fraction of sp³-hybridized carbons (Fsp3) is 0.286. The van der Waals surface area contributed by atoms with Gasteiger partial charge in [-0.15, -0.1) is 0 Å². The highest BCUT2D eigenvalue weighted by Crippen LogP contribution is 2.30. The minimum Gasteiger partial charge on any atom is -0.490 e. The van der Waals surface area contributed by atoms with Gasteiger partial charge in [0, 0.05) is 19.0 Å². The highest BCUT2D eigenvalue weighted by atomic mass is 16.5. The zero-order valence-electron chi connectivity index (χ0n) is 15.5. The molecule has 2 aromatic carbocycles. The quantitative estimate of drug-likeness (QED) is 0.785. The second-order valence-corrected chi connectivity index (χ2v) is 6.47. The lowest BCUT2D eigenvalue weighted by atomic mass is 9.88. The first-order valence-electron chi connectivity index (χ1n) is 8.77. The van der Waals surface area contributed by atoms with Gasteiger partial charge in [0.05, 0.1) is 11.6 Å². The van der Waals surface area contributed by atoms with Crippen molar-refractivity contribution in [3.63, 3.8) is 0 Å². The van der Waals surface area contributed by atoms with Crippen molar-refractivity contribution in [3.05, 3.63) is 65.7 Å². The molecule has 1 aliphatic heterocycles. The topological polar surface area (TPSA) is 111 Å². The van der Waals surface area contributed by atoms with Crippen LogP contribution in [0.5, 0.6) is 5.75 Å². The van der Waals surface area contributed by atoms with Crippen LogP contribution < -0.4 is 4.74 Å². The molecule has 2 atom stereocenters. The molecule has 0 unspecified atom stereocenters. The fourth-order valence-corrected chi connectivity index (χ4v) is 3.04. The lowest BCUT2D eigenvalue weighted by molar-refractivity contribution is -0.159. The predicted molar refractivity (Wildman–Crippen MR) is 102 cm³/mol. The summed E-state index contributed by atoms with van der Waals surface area (Å²) in [6.45, 7) is 2.05. The molecular weight excluding hydrogens is 360 g/mol. The number of carbonyl (C=O) groups is 2. The molecule has 146 valence electrons. The molecule has 0 amide bonds. The average Bonchev–Trinajstić information content (AvgIpc) is 2.71. The van der Waals surface area contributed by atoms with E-state index in [0.29, 0.717) is 11.5 Å². The number of likely N-dealkylation sites (N-methyl/N-ethyl adjacent to an activating group) is 1. The van der Waals surface area contributed by atoms with E-state index in [9.17, 15) is 0 Å². The summed E-state index contributed by atoms with van der Waals surface area (Å²) >= 11 is 0. The molecule has 7 heteroatoms. The predicted octanol–water partition coefficient (Wildman–Crippen LogP) is 2.58. The van der Waals surface area contributed by atoms with Gasteiger partial charge in [-0.05, 0) is 43.3 Å². The van der Waals surface area contributed by atoms with Gasteiger partial charge in [-0.25, -0.2) is 9.59 Å². The van der Waals surface area contributed by atoms with E-state index in [2.05, 4.69) is 42.3 Å². The minimum absolute atomic E-state index is 0.173. The summed E-state index contributed by atoms with van der Waals surface area (Å²) < 4.78 is 6.23. The van der Waals surface area contributed by atoms with Crippen molar-refractivity contribution in [2.24, 2.45) is 0 Å². The Bertz CT molecular complexity index is 818. The molecular formula is C21H22N2O5. The van der Waals surface area contributed by atoms with Gasteiger partial charge < -0.3 is 19.8 Å². The van der Waals surface area contributed by atoms with Crippen LogP contribution in [0.15, 0.2) is 54.6 Å². The smallest absolute Gasteiger partial charge is 0.414 e. The molecule has 2 N–H and O–H groups in total. The molecule has 1 saturated heterocycles. The van der Waals surface area contributed by atoms with Crippen LogP contribution in [0.1, 0.15) is 23.5 Å². The van der Waals surface area contributed by atoms with Crippen molar-refractivity contribution in [2.75, 3.05) is 20.1 Å². The van der Waals surface area contributed by atoms with Crippen molar-refractivity contribution in [1.29, 1.82) is 5.26 Å². The van der Waals surface area contributed by atoms with Crippen LogP contribution in [0.3, 0.4) is 0 Å². The molecule has 3 rings (SSSR count). The zero-order valence-corrected chi connectivity index (χ0v) is 15.5. The zero-order chi connectivity index (χ0) is 20.5. The molecule has 2 aromatic rings. The summed E-state index contributed by atoms with van der Waals surface area (Å²) in [4.78, 5) is 20.6. The van der Waals surface area contributed by atoms with E-state index < -0.39 is 11.9 Å². The number of rotatable bonds is 3. The summed E-state index contributed by atoms with van der Waals surface area (Å²) in [7, 11) is 2.16. The molecule has 0 radical (unpaired) electrons. The third-order valence-corrected chi connectivity index (χ3v) is 4.43. The second kappa shape index (κ2) is 10.1. The van der Waals surface area contributed by atoms with Crippen molar-refractivity contribution in [2.45, 2.75) is 18.4 Å². The maximum atomic E-state index is 9.10. The van der Waals surface area contributed by atoms with Gasteiger partial charge in [0.25, 0.3) is 0 Å². The molecule has 1 fully saturated rings. The molecule has 7 nitrogen and oxygen atoms in total. The standard InChI is InChI=1S/C19H20N2O.C2H2O4/c1-21-12-11-19(18(14-21)16-5-3-2-4-6-16)22-17-9-7-15(13-20)8-10-17;3-1(4)2(5)6/h2-10,18-19H,11-12,14H2,1H3;(H,3,4)(H,5,6)/t18-,19+;/m0./s1. The van der Waals surface area contributed by atoms with Gasteiger partial charge >= 0.3 is 11.9 Å². The summed E-state index contributed by atoms with van der Waals surface area (Å²) in [5.41, 5.74) is 1.99. The third-order valence-electron chi connectivity index (χ3n) is 4.43. The van der Waals surface area contributed by atoms with Crippen molar-refractivity contribution in [1.82, 2.24) is 4.90 Å². The largest absolute Gasteiger partial charge is 0.490 e. The molecule has 28 heavy (non-hydrogen) atoms. The van der Waals surface area contributed by atoms with Crippen LogP contribution in [0.2, 0.25) is 0 Å². The Hall–Kier alpha value is -3.37. The lowest BCUT2D eigenvalue weighted by Gasteiger charge is -2.37. The third kappa shape index (κ3) is 6.11. The molecule has 0 bridgehead atoms. The Labute approximate surface area is 163 Å². The van der Waals surface area contributed by atoms with E-state index in [0.717, 1.165) is 25.3 Å². The molecule has 0 spiro atoms. The van der Waals surface area contributed by atoms with Crippen molar-refractivity contribution >= 4 is 11.9 Å². The summed E-state index contributed by atoms with van der Waals surface area (Å²) in [6.07, 6.45) is 1.18. The highest BCUT2D eigenvalue weighted by molar-refractivity contribution is 6.27. The van der Waals surface area contributed by atoms with Crippen molar-refractivity contribution < 1.29 is 24.5 Å². The Balaban J connectivity index is 0.000000409. The van der Waals surface area contributed by atoms with Gasteiger partial charge in [-0.1, -0.05) is 30.3 Å². The van der Waals surface area contributed by atoms with Gasteiger partial charge in [0.1, 0.15) is 11.9 Å². The Kier molecular flexibility index (Phi) is 7.55. The Morgan fingerprint density at radius 2 is 1.68 bits per heavy atom.